The first kappa shape index (κ1) is 20.2. The number of carbonyl (C=O) groups is 2. The first-order chi connectivity index (χ1) is 13.9. The quantitative estimate of drug-likeness (QED) is 0.440. The van der Waals surface area contributed by atoms with E-state index in [0.717, 1.165) is 17.4 Å². The molecule has 0 radical (unpaired) electrons. The lowest BCUT2D eigenvalue weighted by molar-refractivity contribution is -0.384. The molecule has 0 unspecified atom stereocenters. The van der Waals surface area contributed by atoms with Gasteiger partial charge in [0.15, 0.2) is 5.13 Å². The molecule has 1 aromatic heterocycles. The molecule has 3 rings (SSSR count). The van der Waals surface area contributed by atoms with Crippen molar-refractivity contribution < 1.29 is 19.2 Å². The molecule has 0 saturated carbocycles. The fraction of sp³-hybridized carbons (Fsp3) is 0.0556. The van der Waals surface area contributed by atoms with Crippen LogP contribution in [0.2, 0.25) is 5.02 Å². The van der Waals surface area contributed by atoms with Gasteiger partial charge in [-0.2, -0.15) is 0 Å². The molecule has 3 aromatic rings. The normalized spacial score (nSPS) is 10.3. The maximum atomic E-state index is 12.7. The summed E-state index contributed by atoms with van der Waals surface area (Å²) >= 11 is 6.81. The minimum Gasteiger partial charge on any atom is -0.453 e. The van der Waals surface area contributed by atoms with E-state index < -0.39 is 16.9 Å². The average Bonchev–Trinajstić information content (AvgIpc) is 3.10. The lowest BCUT2D eigenvalue weighted by atomic mass is 10.1. The number of hydrogen-bond donors (Lipinski definition) is 2. The first-order valence-electron chi connectivity index (χ1n) is 8.05. The maximum absolute atomic E-state index is 12.7. The topological polar surface area (TPSA) is 123 Å². The van der Waals surface area contributed by atoms with E-state index in [2.05, 4.69) is 20.4 Å². The molecule has 29 heavy (non-hydrogen) atoms. The van der Waals surface area contributed by atoms with E-state index >= 15 is 0 Å². The zero-order valence-corrected chi connectivity index (χ0v) is 16.4. The molecule has 148 valence electrons. The van der Waals surface area contributed by atoms with Gasteiger partial charge in [0, 0.05) is 17.2 Å². The van der Waals surface area contributed by atoms with Crippen LogP contribution in [-0.2, 0) is 4.74 Å². The fourth-order valence-corrected chi connectivity index (χ4v) is 3.41. The highest BCUT2D eigenvalue weighted by Gasteiger charge is 2.20. The number of carbonyl (C=O) groups excluding carboxylic acids is 2. The van der Waals surface area contributed by atoms with Gasteiger partial charge in [0.2, 0.25) is 0 Å². The molecule has 9 nitrogen and oxygen atoms in total. The summed E-state index contributed by atoms with van der Waals surface area (Å²) in [4.78, 5) is 38.9. The number of halogens is 1. The molecule has 0 aliphatic carbocycles. The second kappa shape index (κ2) is 8.67. The Balaban J connectivity index is 1.95. The highest BCUT2D eigenvalue weighted by atomic mass is 35.5. The van der Waals surface area contributed by atoms with E-state index in [4.69, 9.17) is 11.6 Å². The van der Waals surface area contributed by atoms with E-state index in [0.29, 0.717) is 16.3 Å². The van der Waals surface area contributed by atoms with Crippen LogP contribution < -0.4 is 10.6 Å². The Bertz CT molecular complexity index is 1090. The van der Waals surface area contributed by atoms with E-state index in [-0.39, 0.29) is 21.4 Å². The van der Waals surface area contributed by atoms with Crippen LogP contribution >= 0.6 is 22.9 Å². The molecule has 2 N–H and O–H groups in total. The third kappa shape index (κ3) is 4.68. The van der Waals surface area contributed by atoms with Gasteiger partial charge < -0.3 is 10.1 Å². The molecule has 1 heterocycles. The number of thiazole rings is 1. The van der Waals surface area contributed by atoms with Crippen molar-refractivity contribution >= 4 is 50.8 Å². The number of ether oxygens (including phenoxy) is 1. The van der Waals surface area contributed by atoms with Gasteiger partial charge >= 0.3 is 6.09 Å². The molecule has 2 aromatic carbocycles. The van der Waals surface area contributed by atoms with Crippen LogP contribution in [0.4, 0.5) is 20.6 Å². The van der Waals surface area contributed by atoms with E-state index in [1.54, 1.807) is 24.3 Å². The Kier molecular flexibility index (Phi) is 6.05. The van der Waals surface area contributed by atoms with Crippen molar-refractivity contribution in [2.24, 2.45) is 0 Å². The average molecular weight is 433 g/mol. The highest BCUT2D eigenvalue weighted by Crippen LogP contribution is 2.36. The minimum absolute atomic E-state index is 0.0518. The maximum Gasteiger partial charge on any atom is 0.413 e. The summed E-state index contributed by atoms with van der Waals surface area (Å²) < 4.78 is 4.56. The molecule has 0 atom stereocenters. The van der Waals surface area contributed by atoms with Crippen LogP contribution in [0.25, 0.3) is 11.3 Å². The SMILES string of the molecule is COC(=O)Nc1nc(-c2ccccc2)c(NC(=O)c2ccc(Cl)c([N+](=O)[O-])c2)s1. The number of hydrogen-bond acceptors (Lipinski definition) is 7. The van der Waals surface area contributed by atoms with Crippen LogP contribution in [0, 0.1) is 10.1 Å². The lowest BCUT2D eigenvalue weighted by Gasteiger charge is -2.06. The van der Waals surface area contributed by atoms with Gasteiger partial charge in [-0.3, -0.25) is 20.2 Å². The van der Waals surface area contributed by atoms with Crippen molar-refractivity contribution in [3.63, 3.8) is 0 Å². The summed E-state index contributed by atoms with van der Waals surface area (Å²) in [5, 5.41) is 16.7. The molecule has 0 aliphatic rings. The number of nitrogens with one attached hydrogen (secondary N) is 2. The van der Waals surface area contributed by atoms with E-state index in [9.17, 15) is 19.7 Å². The van der Waals surface area contributed by atoms with Crippen LogP contribution in [0.15, 0.2) is 48.5 Å². The van der Waals surface area contributed by atoms with Gasteiger partial charge in [-0.05, 0) is 12.1 Å². The van der Waals surface area contributed by atoms with Gasteiger partial charge in [0.25, 0.3) is 11.6 Å². The second-order valence-electron chi connectivity index (χ2n) is 5.56. The van der Waals surface area contributed by atoms with Gasteiger partial charge in [-0.1, -0.05) is 53.3 Å². The third-order valence-electron chi connectivity index (χ3n) is 3.70. The Morgan fingerprint density at radius 3 is 2.55 bits per heavy atom. The second-order valence-corrected chi connectivity index (χ2v) is 6.96. The number of amides is 2. The number of nitrogens with zero attached hydrogens (tertiary/aromatic N) is 2. The van der Waals surface area contributed by atoms with Crippen LogP contribution in [0.5, 0.6) is 0 Å². The number of nitro groups is 1. The highest BCUT2D eigenvalue weighted by molar-refractivity contribution is 7.20. The molecule has 2 amide bonds. The zero-order chi connectivity index (χ0) is 21.0. The molecular formula is C18H13ClN4O5S. The number of anilines is 2. The largest absolute Gasteiger partial charge is 0.453 e. The predicted octanol–water partition coefficient (Wildman–Crippen LogP) is 4.80. The summed E-state index contributed by atoms with van der Waals surface area (Å²) in [6, 6.07) is 12.8. The molecule has 0 saturated heterocycles. The number of benzene rings is 2. The number of methoxy groups -OCH3 is 1. The zero-order valence-electron chi connectivity index (χ0n) is 14.8. The van der Waals surface area contributed by atoms with Crippen molar-refractivity contribution in [3.05, 3.63) is 69.2 Å². The monoisotopic (exact) mass is 432 g/mol. The fourth-order valence-electron chi connectivity index (χ4n) is 2.36. The Morgan fingerprint density at radius 2 is 1.90 bits per heavy atom. The van der Waals surface area contributed by atoms with Crippen molar-refractivity contribution in [2.45, 2.75) is 0 Å². The lowest BCUT2D eigenvalue weighted by Crippen LogP contribution is -2.12. The number of nitro benzene ring substituents is 1. The molecule has 0 spiro atoms. The molecule has 0 bridgehead atoms. The van der Waals surface area contributed by atoms with Crippen LogP contribution in [0.1, 0.15) is 10.4 Å². The van der Waals surface area contributed by atoms with E-state index in [1.807, 2.05) is 6.07 Å². The van der Waals surface area contributed by atoms with Crippen LogP contribution in [-0.4, -0.2) is 29.0 Å². The first-order valence-corrected chi connectivity index (χ1v) is 9.25. The number of aromatic nitrogens is 1. The summed E-state index contributed by atoms with van der Waals surface area (Å²) in [5.41, 5.74) is 0.814. The van der Waals surface area contributed by atoms with Crippen molar-refractivity contribution in [3.8, 4) is 11.3 Å². The van der Waals surface area contributed by atoms with Gasteiger partial charge in [0.1, 0.15) is 15.7 Å². The molecule has 0 aliphatic heterocycles. The molecular weight excluding hydrogens is 420 g/mol. The molecule has 0 fully saturated rings. The van der Waals surface area contributed by atoms with Gasteiger partial charge in [-0.15, -0.1) is 0 Å². The van der Waals surface area contributed by atoms with Crippen molar-refractivity contribution in [1.82, 2.24) is 4.98 Å². The third-order valence-corrected chi connectivity index (χ3v) is 4.91. The summed E-state index contributed by atoms with van der Waals surface area (Å²) in [7, 11) is 1.22. The molecule has 11 heteroatoms. The smallest absolute Gasteiger partial charge is 0.413 e. The summed E-state index contributed by atoms with van der Waals surface area (Å²) in [6.07, 6.45) is -0.704. The number of rotatable bonds is 5. The Labute approximate surface area is 173 Å². The van der Waals surface area contributed by atoms with Crippen molar-refractivity contribution in [2.75, 3.05) is 17.7 Å². The van der Waals surface area contributed by atoms with Crippen LogP contribution in [0.3, 0.4) is 0 Å². The summed E-state index contributed by atoms with van der Waals surface area (Å²) in [6.45, 7) is 0. The minimum atomic E-state index is -0.704. The van der Waals surface area contributed by atoms with Gasteiger partial charge in [-0.25, -0.2) is 9.78 Å². The Hall–Kier alpha value is -3.50. The Morgan fingerprint density at radius 1 is 1.17 bits per heavy atom. The van der Waals surface area contributed by atoms with Crippen molar-refractivity contribution in [1.29, 1.82) is 0 Å². The summed E-state index contributed by atoms with van der Waals surface area (Å²) in [5.74, 6) is -0.588. The predicted molar refractivity (Wildman–Crippen MR) is 110 cm³/mol. The van der Waals surface area contributed by atoms with Gasteiger partial charge in [0.05, 0.1) is 12.0 Å². The standard InChI is InChI=1S/C18H13ClN4O5S/c1-28-18(25)22-17-20-14(10-5-3-2-4-6-10)16(29-17)21-15(24)11-7-8-12(19)13(9-11)23(26)27/h2-9H,1H3,(H,21,24)(H,20,22,25). The van der Waals surface area contributed by atoms with E-state index in [1.165, 1.54) is 19.2 Å².